The van der Waals surface area contributed by atoms with Crippen molar-refractivity contribution in [1.82, 2.24) is 10.4 Å². The Hall–Kier alpha value is -3.98. The molecule has 2 aromatic carbocycles. The minimum Gasteiger partial charge on any atom is -0.507 e. The number of aromatic nitrogens is 1. The fourth-order valence-electron chi connectivity index (χ4n) is 2.71. The van der Waals surface area contributed by atoms with Crippen LogP contribution in [0.5, 0.6) is 11.5 Å². The first-order chi connectivity index (χ1) is 14.5. The Kier molecular flexibility index (Phi) is 5.27. The number of rotatable bonds is 5. The molecule has 9 heteroatoms. The number of carbonyl (C=O) groups excluding carboxylic acids is 1. The van der Waals surface area contributed by atoms with Gasteiger partial charge in [0.15, 0.2) is 5.01 Å². The lowest BCUT2D eigenvalue weighted by Gasteiger charge is -2.02. The molecule has 0 saturated heterocycles. The molecule has 1 amide bonds. The average Bonchev–Trinajstić information content (AvgIpc) is 3.24. The van der Waals surface area contributed by atoms with Gasteiger partial charge >= 0.3 is 5.63 Å². The van der Waals surface area contributed by atoms with E-state index in [9.17, 15) is 14.7 Å². The first-order valence-electron chi connectivity index (χ1n) is 8.74. The Balaban J connectivity index is 1.51. The molecule has 2 heterocycles. The van der Waals surface area contributed by atoms with E-state index in [1.54, 1.807) is 35.7 Å². The minimum absolute atomic E-state index is 0.0353. The van der Waals surface area contributed by atoms with Crippen molar-refractivity contribution in [2.75, 3.05) is 7.11 Å². The smallest absolute Gasteiger partial charge is 0.345 e. The van der Waals surface area contributed by atoms with Gasteiger partial charge in [0, 0.05) is 22.4 Å². The number of nitrogens with one attached hydrogen (secondary N) is 1. The summed E-state index contributed by atoms with van der Waals surface area (Å²) in [4.78, 5) is 28.8. The maximum atomic E-state index is 12.3. The standard InChI is InChI=1S/C21H15N3O5S/c1-28-14-7-6-13(17(25)9-14)10-22-24-19(26)20-23-16(11-30-20)15-8-12-4-2-3-5-18(12)29-21(15)27/h2-11,25H,1H3,(H,24,26)/b22-10+. The number of methoxy groups -OCH3 is 1. The van der Waals surface area contributed by atoms with E-state index in [1.807, 2.05) is 12.1 Å². The molecule has 0 aliphatic rings. The number of amides is 1. The van der Waals surface area contributed by atoms with Gasteiger partial charge in [-0.15, -0.1) is 11.3 Å². The second-order valence-corrected chi connectivity index (χ2v) is 7.01. The van der Waals surface area contributed by atoms with E-state index in [4.69, 9.17) is 9.15 Å². The van der Waals surface area contributed by atoms with Crippen LogP contribution in [-0.4, -0.2) is 29.3 Å². The third kappa shape index (κ3) is 3.91. The second-order valence-electron chi connectivity index (χ2n) is 6.15. The van der Waals surface area contributed by atoms with Gasteiger partial charge in [-0.2, -0.15) is 5.10 Å². The summed E-state index contributed by atoms with van der Waals surface area (Å²) in [5.74, 6) is -0.0743. The number of benzene rings is 2. The van der Waals surface area contributed by atoms with Crippen molar-refractivity contribution in [1.29, 1.82) is 0 Å². The van der Waals surface area contributed by atoms with Crippen molar-refractivity contribution in [3.8, 4) is 22.8 Å². The third-order valence-corrected chi connectivity index (χ3v) is 5.06. The van der Waals surface area contributed by atoms with Gasteiger partial charge in [0.2, 0.25) is 0 Å². The van der Waals surface area contributed by atoms with E-state index in [0.29, 0.717) is 22.6 Å². The number of hydrazone groups is 1. The van der Waals surface area contributed by atoms with Crippen LogP contribution in [0.15, 0.2) is 68.2 Å². The minimum atomic E-state index is -0.541. The third-order valence-electron chi connectivity index (χ3n) is 4.22. The molecule has 0 aliphatic heterocycles. The predicted octanol–water partition coefficient (Wildman–Crippen LogP) is 3.39. The van der Waals surface area contributed by atoms with Crippen LogP contribution in [0.3, 0.4) is 0 Å². The molecule has 0 bridgehead atoms. The fourth-order valence-corrected chi connectivity index (χ4v) is 3.42. The quantitative estimate of drug-likeness (QED) is 0.290. The number of aromatic hydroxyl groups is 1. The number of carbonyl (C=O) groups is 1. The van der Waals surface area contributed by atoms with E-state index < -0.39 is 11.5 Å². The van der Waals surface area contributed by atoms with Crippen LogP contribution < -0.4 is 15.8 Å². The fraction of sp³-hybridized carbons (Fsp3) is 0.0476. The van der Waals surface area contributed by atoms with E-state index in [-0.39, 0.29) is 16.3 Å². The number of para-hydroxylation sites is 1. The maximum absolute atomic E-state index is 12.3. The molecule has 4 rings (SSSR count). The van der Waals surface area contributed by atoms with Crippen LogP contribution in [0, 0.1) is 0 Å². The van der Waals surface area contributed by atoms with E-state index in [1.165, 1.54) is 19.4 Å². The predicted molar refractivity (Wildman–Crippen MR) is 113 cm³/mol. The summed E-state index contributed by atoms with van der Waals surface area (Å²) in [7, 11) is 1.49. The Morgan fingerprint density at radius 3 is 2.90 bits per heavy atom. The van der Waals surface area contributed by atoms with Gasteiger partial charge in [0.25, 0.3) is 5.91 Å². The van der Waals surface area contributed by atoms with Gasteiger partial charge in [-0.05, 0) is 24.3 Å². The summed E-state index contributed by atoms with van der Waals surface area (Å²) in [6.45, 7) is 0. The number of ether oxygens (including phenoxy) is 1. The molecule has 0 aliphatic carbocycles. The van der Waals surface area contributed by atoms with Gasteiger partial charge in [-0.1, -0.05) is 18.2 Å². The molecule has 0 atom stereocenters. The van der Waals surface area contributed by atoms with Crippen LogP contribution in [0.2, 0.25) is 0 Å². The summed E-state index contributed by atoms with van der Waals surface area (Å²) < 4.78 is 10.3. The molecular weight excluding hydrogens is 406 g/mol. The summed E-state index contributed by atoms with van der Waals surface area (Å²) in [6.07, 6.45) is 1.30. The number of nitrogens with zero attached hydrogens (tertiary/aromatic N) is 2. The highest BCUT2D eigenvalue weighted by Crippen LogP contribution is 2.23. The van der Waals surface area contributed by atoms with Gasteiger partial charge in [0.1, 0.15) is 17.1 Å². The zero-order chi connectivity index (χ0) is 21.1. The molecular formula is C21H15N3O5S. The van der Waals surface area contributed by atoms with Gasteiger partial charge in [-0.25, -0.2) is 15.2 Å². The molecule has 30 heavy (non-hydrogen) atoms. The monoisotopic (exact) mass is 421 g/mol. The van der Waals surface area contributed by atoms with Crippen molar-refractivity contribution in [3.63, 3.8) is 0 Å². The molecule has 2 aromatic heterocycles. The first kappa shape index (κ1) is 19.3. The van der Waals surface area contributed by atoms with Crippen molar-refractivity contribution in [3.05, 3.63) is 74.9 Å². The summed E-state index contributed by atoms with van der Waals surface area (Å²) in [5.41, 5.74) is 3.33. The summed E-state index contributed by atoms with van der Waals surface area (Å²) in [5, 5.41) is 16.2. The summed E-state index contributed by atoms with van der Waals surface area (Å²) in [6, 6.07) is 13.5. The van der Waals surface area contributed by atoms with Crippen LogP contribution in [-0.2, 0) is 0 Å². The SMILES string of the molecule is COc1ccc(/C=N/NC(=O)c2nc(-c3cc4ccccc4oc3=O)cs2)c(O)c1. The van der Waals surface area contributed by atoms with Crippen LogP contribution in [0.1, 0.15) is 15.4 Å². The largest absolute Gasteiger partial charge is 0.507 e. The van der Waals surface area contributed by atoms with E-state index in [0.717, 1.165) is 16.7 Å². The molecule has 0 spiro atoms. The van der Waals surface area contributed by atoms with Crippen molar-refractivity contribution in [2.45, 2.75) is 0 Å². The lowest BCUT2D eigenvalue weighted by atomic mass is 10.1. The van der Waals surface area contributed by atoms with Crippen LogP contribution >= 0.6 is 11.3 Å². The Bertz CT molecular complexity index is 1330. The molecule has 0 saturated carbocycles. The Labute approximate surface area is 174 Å². The van der Waals surface area contributed by atoms with Gasteiger partial charge < -0.3 is 14.3 Å². The Morgan fingerprint density at radius 2 is 2.10 bits per heavy atom. The van der Waals surface area contributed by atoms with Gasteiger partial charge in [-0.3, -0.25) is 4.79 Å². The molecule has 0 unspecified atom stereocenters. The molecule has 0 fully saturated rings. The van der Waals surface area contributed by atoms with E-state index >= 15 is 0 Å². The number of thiazole rings is 1. The maximum Gasteiger partial charge on any atom is 0.345 e. The number of hydrogen-bond acceptors (Lipinski definition) is 8. The molecule has 4 aromatic rings. The summed E-state index contributed by atoms with van der Waals surface area (Å²) >= 11 is 1.08. The number of fused-ring (bicyclic) bond motifs is 1. The molecule has 150 valence electrons. The first-order valence-corrected chi connectivity index (χ1v) is 9.62. The molecule has 2 N–H and O–H groups in total. The number of phenols is 1. The Morgan fingerprint density at radius 1 is 1.27 bits per heavy atom. The highest BCUT2D eigenvalue weighted by atomic mass is 32.1. The zero-order valence-electron chi connectivity index (χ0n) is 15.7. The average molecular weight is 421 g/mol. The second kappa shape index (κ2) is 8.18. The van der Waals surface area contributed by atoms with Crippen molar-refractivity contribution >= 4 is 34.4 Å². The normalized spacial score (nSPS) is 11.1. The number of phenolic OH excluding ortho intramolecular Hbond substituents is 1. The topological polar surface area (TPSA) is 114 Å². The van der Waals surface area contributed by atoms with Crippen LogP contribution in [0.25, 0.3) is 22.2 Å². The lowest BCUT2D eigenvalue weighted by molar-refractivity contribution is 0.0955. The highest BCUT2D eigenvalue weighted by molar-refractivity contribution is 7.12. The highest BCUT2D eigenvalue weighted by Gasteiger charge is 2.15. The van der Waals surface area contributed by atoms with Crippen molar-refractivity contribution in [2.24, 2.45) is 5.10 Å². The molecule has 0 radical (unpaired) electrons. The van der Waals surface area contributed by atoms with Gasteiger partial charge in [0.05, 0.1) is 24.6 Å². The van der Waals surface area contributed by atoms with E-state index in [2.05, 4.69) is 15.5 Å². The number of hydrogen-bond donors (Lipinski definition) is 2. The van der Waals surface area contributed by atoms with Crippen molar-refractivity contribution < 1.29 is 19.1 Å². The zero-order valence-corrected chi connectivity index (χ0v) is 16.5. The lowest BCUT2D eigenvalue weighted by Crippen LogP contribution is -2.17. The van der Waals surface area contributed by atoms with Crippen LogP contribution in [0.4, 0.5) is 0 Å². The molecule has 8 nitrogen and oxygen atoms in total.